The summed E-state index contributed by atoms with van der Waals surface area (Å²) in [4.78, 5) is 14.8. The average molecular weight is 645 g/mol. The van der Waals surface area contributed by atoms with Crippen LogP contribution < -0.4 is 0 Å². The number of Topliss-reactive ketones (excluding diaryl/α,β-unsaturated/α-hetero) is 1. The van der Waals surface area contributed by atoms with Gasteiger partial charge >= 0.3 is 0 Å². The maximum absolute atomic E-state index is 14.8. The zero-order chi connectivity index (χ0) is 34.9. The quantitative estimate of drug-likeness (QED) is 0.0742. The summed E-state index contributed by atoms with van der Waals surface area (Å²) in [5.74, 6) is 1.74. The zero-order valence-corrected chi connectivity index (χ0v) is 32.3. The van der Waals surface area contributed by atoms with Crippen LogP contribution >= 0.6 is 0 Å². The highest BCUT2D eigenvalue weighted by Gasteiger charge is 2.29. The molecule has 0 radical (unpaired) electrons. The molecule has 5 unspecified atom stereocenters. The standard InChI is InChI=1S/C45H72O2/c1-11-21-32(16-6)37-26-27-40(34(18-8)23-13-3)39(28-37)31-43(46)45(47)42-30-38(33(17-7)22-12-2)29-41(35(19-9)24-14-4)44(42)36(20-10)25-15-5/h26-36,46H,11-25H2,1-10H3/b43-31-. The van der Waals surface area contributed by atoms with E-state index < -0.39 is 0 Å². The number of hydrogen-bond acceptors (Lipinski definition) is 2. The predicted molar refractivity (Wildman–Crippen MR) is 208 cm³/mol. The Labute approximate surface area is 291 Å². The first-order valence-electron chi connectivity index (χ1n) is 20.0. The Balaban J connectivity index is 2.94. The molecule has 2 aromatic carbocycles. The first kappa shape index (κ1) is 40.8. The minimum absolute atomic E-state index is 0.110. The van der Waals surface area contributed by atoms with Crippen molar-refractivity contribution in [2.45, 2.75) is 195 Å². The van der Waals surface area contributed by atoms with E-state index in [0.717, 1.165) is 107 Å². The Morgan fingerprint density at radius 3 is 1.49 bits per heavy atom. The summed E-state index contributed by atoms with van der Waals surface area (Å²) >= 11 is 0. The van der Waals surface area contributed by atoms with Crippen molar-refractivity contribution in [1.29, 1.82) is 0 Å². The second kappa shape index (κ2) is 21.6. The summed E-state index contributed by atoms with van der Waals surface area (Å²) in [6.45, 7) is 22.7. The van der Waals surface area contributed by atoms with Gasteiger partial charge in [-0.2, -0.15) is 0 Å². The number of ketones is 1. The summed E-state index contributed by atoms with van der Waals surface area (Å²) in [5.41, 5.74) is 8.24. The molecule has 2 nitrogen and oxygen atoms in total. The van der Waals surface area contributed by atoms with Crippen LogP contribution in [-0.4, -0.2) is 10.9 Å². The molecule has 0 aromatic heterocycles. The van der Waals surface area contributed by atoms with E-state index in [1.807, 2.05) is 6.08 Å². The number of benzene rings is 2. The molecule has 0 amide bonds. The molecule has 0 aliphatic heterocycles. The third kappa shape index (κ3) is 10.8. The molecule has 2 rings (SSSR count). The number of carbonyl (C=O) groups excluding carboxylic acids is 1. The van der Waals surface area contributed by atoms with Crippen LogP contribution in [0, 0.1) is 0 Å². The predicted octanol–water partition coefficient (Wildman–Crippen LogP) is 14.9. The Kier molecular flexibility index (Phi) is 18.7. The van der Waals surface area contributed by atoms with Gasteiger partial charge in [-0.05, 0) is 139 Å². The molecule has 2 heteroatoms. The third-order valence-electron chi connectivity index (χ3n) is 11.0. The molecule has 47 heavy (non-hydrogen) atoms. The molecule has 2 aromatic rings. The second-order valence-corrected chi connectivity index (χ2v) is 14.3. The van der Waals surface area contributed by atoms with E-state index in [9.17, 15) is 9.90 Å². The smallest absolute Gasteiger partial charge is 0.227 e. The SMILES string of the molecule is CCCC(CC)c1ccc(C(CC)CCC)c(/C=C(\O)C(=O)c2cc(C(CC)CCC)cc(C(CC)CCC)c2C(CC)CCC)c1. The zero-order valence-electron chi connectivity index (χ0n) is 32.3. The fourth-order valence-electron chi connectivity index (χ4n) is 8.28. The molecular formula is C45H72O2. The lowest BCUT2D eigenvalue weighted by Crippen LogP contribution is -2.17. The van der Waals surface area contributed by atoms with Gasteiger partial charge in [-0.15, -0.1) is 0 Å². The second-order valence-electron chi connectivity index (χ2n) is 14.3. The molecule has 0 fully saturated rings. The van der Waals surface area contributed by atoms with E-state index in [0.29, 0.717) is 29.6 Å². The Morgan fingerprint density at radius 1 is 0.553 bits per heavy atom. The lowest BCUT2D eigenvalue weighted by molar-refractivity contribution is 0.0978. The van der Waals surface area contributed by atoms with Crippen molar-refractivity contribution in [3.63, 3.8) is 0 Å². The third-order valence-corrected chi connectivity index (χ3v) is 11.0. The summed E-state index contributed by atoms with van der Waals surface area (Å²) in [5, 5.41) is 11.9. The number of carbonyl (C=O) groups is 1. The van der Waals surface area contributed by atoms with Crippen LogP contribution in [-0.2, 0) is 0 Å². The van der Waals surface area contributed by atoms with Crippen LogP contribution in [0.15, 0.2) is 36.1 Å². The van der Waals surface area contributed by atoms with Crippen LogP contribution in [0.2, 0.25) is 0 Å². The highest BCUT2D eigenvalue weighted by atomic mass is 16.3. The van der Waals surface area contributed by atoms with Crippen LogP contribution in [0.1, 0.15) is 239 Å². The van der Waals surface area contributed by atoms with Crippen molar-refractivity contribution in [2.75, 3.05) is 0 Å². The fourth-order valence-corrected chi connectivity index (χ4v) is 8.28. The molecule has 0 spiro atoms. The topological polar surface area (TPSA) is 37.3 Å². The van der Waals surface area contributed by atoms with Crippen LogP contribution in [0.3, 0.4) is 0 Å². The minimum Gasteiger partial charge on any atom is -0.504 e. The van der Waals surface area contributed by atoms with Gasteiger partial charge in [0.2, 0.25) is 5.78 Å². The largest absolute Gasteiger partial charge is 0.504 e. The maximum Gasteiger partial charge on any atom is 0.227 e. The fraction of sp³-hybridized carbons (Fsp3) is 0.667. The number of rotatable bonds is 23. The molecule has 1 N–H and O–H groups in total. The molecule has 0 saturated carbocycles. The van der Waals surface area contributed by atoms with E-state index in [2.05, 4.69) is 99.6 Å². The van der Waals surface area contributed by atoms with E-state index in [1.54, 1.807) is 0 Å². The number of aliphatic hydroxyl groups is 1. The molecule has 0 aliphatic carbocycles. The van der Waals surface area contributed by atoms with Gasteiger partial charge in [-0.3, -0.25) is 4.79 Å². The molecule has 264 valence electrons. The van der Waals surface area contributed by atoms with Crippen LogP contribution in [0.5, 0.6) is 0 Å². The van der Waals surface area contributed by atoms with Gasteiger partial charge in [0.25, 0.3) is 0 Å². The first-order valence-corrected chi connectivity index (χ1v) is 20.0. The summed E-state index contributed by atoms with van der Waals surface area (Å²) in [6, 6.07) is 11.6. The van der Waals surface area contributed by atoms with Crippen LogP contribution in [0.4, 0.5) is 0 Å². The highest BCUT2D eigenvalue weighted by Crippen LogP contribution is 2.42. The maximum atomic E-state index is 14.8. The van der Waals surface area contributed by atoms with E-state index in [-0.39, 0.29) is 11.5 Å². The van der Waals surface area contributed by atoms with Crippen molar-refractivity contribution in [3.8, 4) is 0 Å². The van der Waals surface area contributed by atoms with E-state index in [1.165, 1.54) is 27.8 Å². The molecule has 5 atom stereocenters. The molecule has 0 aliphatic rings. The molecule has 0 saturated heterocycles. The van der Waals surface area contributed by atoms with Gasteiger partial charge in [0, 0.05) is 5.56 Å². The monoisotopic (exact) mass is 645 g/mol. The van der Waals surface area contributed by atoms with Crippen molar-refractivity contribution in [1.82, 2.24) is 0 Å². The average Bonchev–Trinajstić information content (AvgIpc) is 3.09. The van der Waals surface area contributed by atoms with Gasteiger partial charge in [0.05, 0.1) is 0 Å². The van der Waals surface area contributed by atoms with Gasteiger partial charge in [-0.1, -0.05) is 126 Å². The van der Waals surface area contributed by atoms with E-state index >= 15 is 0 Å². The number of allylic oxidation sites excluding steroid dienone is 1. The van der Waals surface area contributed by atoms with Crippen LogP contribution in [0.25, 0.3) is 6.08 Å². The Hall–Kier alpha value is -2.35. The molecule has 0 bridgehead atoms. The minimum atomic E-state index is -0.198. The number of aliphatic hydroxyl groups excluding tert-OH is 1. The summed E-state index contributed by atoms with van der Waals surface area (Å²) in [6.07, 6.45) is 18.2. The van der Waals surface area contributed by atoms with Gasteiger partial charge < -0.3 is 5.11 Å². The van der Waals surface area contributed by atoms with Crippen molar-refractivity contribution < 1.29 is 9.90 Å². The summed E-state index contributed by atoms with van der Waals surface area (Å²) in [7, 11) is 0. The number of hydrogen-bond donors (Lipinski definition) is 1. The first-order chi connectivity index (χ1) is 22.7. The molecule has 0 heterocycles. The van der Waals surface area contributed by atoms with Crippen molar-refractivity contribution in [3.05, 3.63) is 75.0 Å². The van der Waals surface area contributed by atoms with Gasteiger partial charge in [0.15, 0.2) is 5.76 Å². The summed E-state index contributed by atoms with van der Waals surface area (Å²) < 4.78 is 0. The highest BCUT2D eigenvalue weighted by molar-refractivity contribution is 6.11. The van der Waals surface area contributed by atoms with Gasteiger partial charge in [-0.25, -0.2) is 0 Å². The molecular weight excluding hydrogens is 572 g/mol. The normalized spacial score (nSPS) is 15.3. The lowest BCUT2D eigenvalue weighted by atomic mass is 9.75. The Bertz CT molecular complexity index is 1240. The van der Waals surface area contributed by atoms with Crippen molar-refractivity contribution in [2.24, 2.45) is 0 Å². The Morgan fingerprint density at radius 2 is 1.00 bits per heavy atom. The van der Waals surface area contributed by atoms with E-state index in [4.69, 9.17) is 0 Å². The van der Waals surface area contributed by atoms with Crippen molar-refractivity contribution >= 4 is 11.9 Å². The van der Waals surface area contributed by atoms with Gasteiger partial charge in [0.1, 0.15) is 0 Å². The lowest BCUT2D eigenvalue weighted by Gasteiger charge is -2.29.